The maximum atomic E-state index is 10.5. The first-order chi connectivity index (χ1) is 13.4. The van der Waals surface area contributed by atoms with Crippen LogP contribution in [0.4, 0.5) is 0 Å². The lowest BCUT2D eigenvalue weighted by atomic mass is 10.1. The first kappa shape index (κ1) is 22.6. The molecule has 0 bridgehead atoms. The summed E-state index contributed by atoms with van der Waals surface area (Å²) >= 11 is 0. The predicted octanol–water partition coefficient (Wildman–Crippen LogP) is 2.66. The van der Waals surface area contributed by atoms with E-state index in [0.717, 1.165) is 0 Å². The highest BCUT2D eigenvalue weighted by Gasteiger charge is 2.12. The highest BCUT2D eigenvalue weighted by Crippen LogP contribution is 2.31. The number of ether oxygens (including phenoxy) is 4. The molecule has 0 saturated carbocycles. The topological polar surface area (TPSA) is 112 Å². The normalized spacial score (nSPS) is 9.57. The van der Waals surface area contributed by atoms with Crippen LogP contribution in [0.5, 0.6) is 23.0 Å². The molecule has 0 fully saturated rings. The lowest BCUT2D eigenvalue weighted by Gasteiger charge is -2.10. The summed E-state index contributed by atoms with van der Waals surface area (Å²) in [6.07, 6.45) is -0.138. The number of carbonyl (C=O) groups is 2. The second kappa shape index (κ2) is 11.3. The maximum Gasteiger partial charge on any atom is 0.307 e. The Kier molecular flexibility index (Phi) is 9.15. The van der Waals surface area contributed by atoms with Crippen LogP contribution in [0.2, 0.25) is 0 Å². The van der Waals surface area contributed by atoms with Crippen molar-refractivity contribution < 1.29 is 38.7 Å². The fraction of sp³-hybridized carbons (Fsp3) is 0.300. The lowest BCUT2D eigenvalue weighted by molar-refractivity contribution is -0.137. The highest BCUT2D eigenvalue weighted by atomic mass is 16.5. The smallest absolute Gasteiger partial charge is 0.307 e. The number of hydrogen-bond acceptors (Lipinski definition) is 6. The van der Waals surface area contributed by atoms with Crippen molar-refractivity contribution in [1.82, 2.24) is 0 Å². The summed E-state index contributed by atoms with van der Waals surface area (Å²) in [5.41, 5.74) is 1.22. The largest absolute Gasteiger partial charge is 0.493 e. The molecule has 0 aliphatic heterocycles. The van der Waals surface area contributed by atoms with Crippen molar-refractivity contribution in [2.75, 3.05) is 28.4 Å². The van der Waals surface area contributed by atoms with Crippen molar-refractivity contribution in [1.29, 1.82) is 0 Å². The van der Waals surface area contributed by atoms with Crippen molar-refractivity contribution in [3.8, 4) is 23.0 Å². The molecule has 0 aliphatic rings. The van der Waals surface area contributed by atoms with Crippen molar-refractivity contribution in [2.45, 2.75) is 12.8 Å². The van der Waals surface area contributed by atoms with Gasteiger partial charge in [-0.3, -0.25) is 9.59 Å². The van der Waals surface area contributed by atoms with E-state index in [4.69, 9.17) is 29.2 Å². The Labute approximate surface area is 163 Å². The van der Waals surface area contributed by atoms with E-state index in [0.29, 0.717) is 34.1 Å². The van der Waals surface area contributed by atoms with Crippen LogP contribution in [0.25, 0.3) is 0 Å². The molecule has 0 spiro atoms. The molecule has 0 saturated heterocycles. The van der Waals surface area contributed by atoms with Crippen LogP contribution >= 0.6 is 0 Å². The average Bonchev–Trinajstić information content (AvgIpc) is 2.67. The third-order valence-electron chi connectivity index (χ3n) is 3.65. The first-order valence-electron chi connectivity index (χ1n) is 8.21. The molecule has 2 N–H and O–H groups in total. The molecule has 0 atom stereocenters. The summed E-state index contributed by atoms with van der Waals surface area (Å²) in [5, 5.41) is 17.3. The van der Waals surface area contributed by atoms with Gasteiger partial charge in [0.25, 0.3) is 0 Å². The van der Waals surface area contributed by atoms with Crippen molar-refractivity contribution in [3.05, 3.63) is 47.5 Å². The SMILES string of the molecule is COc1cccc(CC(=O)O)c1OC.COc1cccc(CC(=O)O)c1OC. The van der Waals surface area contributed by atoms with Crippen molar-refractivity contribution in [3.63, 3.8) is 0 Å². The fourth-order valence-corrected chi connectivity index (χ4v) is 2.51. The molecule has 2 rings (SSSR count). The summed E-state index contributed by atoms with van der Waals surface area (Å²) in [6, 6.07) is 10.3. The summed E-state index contributed by atoms with van der Waals surface area (Å²) in [4.78, 5) is 21.1. The third-order valence-corrected chi connectivity index (χ3v) is 3.65. The van der Waals surface area contributed by atoms with E-state index in [-0.39, 0.29) is 12.8 Å². The van der Waals surface area contributed by atoms with Crippen molar-refractivity contribution >= 4 is 11.9 Å². The maximum absolute atomic E-state index is 10.5. The number of methoxy groups -OCH3 is 4. The third kappa shape index (κ3) is 6.39. The Morgan fingerprint density at radius 1 is 0.679 bits per heavy atom. The standard InChI is InChI=1S/2C10H12O4/c2*1-13-8-5-3-4-7(6-9(11)12)10(8)14-2/h2*3-5H,6H2,1-2H3,(H,11,12). The minimum Gasteiger partial charge on any atom is -0.493 e. The van der Waals surface area contributed by atoms with Crippen LogP contribution in [0.15, 0.2) is 36.4 Å². The Balaban J connectivity index is 0.000000280. The van der Waals surface area contributed by atoms with Crippen LogP contribution in [-0.2, 0) is 22.4 Å². The Morgan fingerprint density at radius 3 is 1.29 bits per heavy atom. The molecule has 8 heteroatoms. The van der Waals surface area contributed by atoms with Crippen LogP contribution < -0.4 is 18.9 Å². The zero-order chi connectivity index (χ0) is 21.1. The zero-order valence-electron chi connectivity index (χ0n) is 16.2. The molecule has 0 radical (unpaired) electrons. The van der Waals surface area contributed by atoms with E-state index in [1.807, 2.05) is 0 Å². The minimum atomic E-state index is -0.892. The number of benzene rings is 2. The van der Waals surface area contributed by atoms with E-state index in [9.17, 15) is 9.59 Å². The van der Waals surface area contributed by atoms with Gasteiger partial charge in [0.2, 0.25) is 0 Å². The molecule has 0 aliphatic carbocycles. The highest BCUT2D eigenvalue weighted by molar-refractivity contribution is 5.72. The monoisotopic (exact) mass is 392 g/mol. The van der Waals surface area contributed by atoms with Gasteiger partial charge in [-0.05, 0) is 12.1 Å². The quantitative estimate of drug-likeness (QED) is 0.705. The van der Waals surface area contributed by atoms with E-state index in [2.05, 4.69) is 0 Å². The lowest BCUT2D eigenvalue weighted by Crippen LogP contribution is -2.03. The fourth-order valence-electron chi connectivity index (χ4n) is 2.51. The second-order valence-electron chi connectivity index (χ2n) is 5.45. The molecule has 0 amide bonds. The van der Waals surface area contributed by atoms with Gasteiger partial charge in [-0.15, -0.1) is 0 Å². The Bertz CT molecular complexity index is 733. The van der Waals surface area contributed by atoms with Gasteiger partial charge in [0.05, 0.1) is 41.3 Å². The molecule has 0 heterocycles. The number of hydrogen-bond donors (Lipinski definition) is 2. The molecule has 152 valence electrons. The molecule has 28 heavy (non-hydrogen) atoms. The molecular formula is C20H24O8. The summed E-state index contributed by atoms with van der Waals surface area (Å²) < 4.78 is 20.2. The summed E-state index contributed by atoms with van der Waals surface area (Å²) in [6.45, 7) is 0. The van der Waals surface area contributed by atoms with Gasteiger partial charge in [-0.2, -0.15) is 0 Å². The molecule has 0 aromatic heterocycles. The second-order valence-corrected chi connectivity index (χ2v) is 5.45. The van der Waals surface area contributed by atoms with Gasteiger partial charge in [0.1, 0.15) is 0 Å². The van der Waals surface area contributed by atoms with E-state index < -0.39 is 11.9 Å². The van der Waals surface area contributed by atoms with Crippen LogP contribution in [0, 0.1) is 0 Å². The van der Waals surface area contributed by atoms with Crippen molar-refractivity contribution in [2.24, 2.45) is 0 Å². The number of aliphatic carboxylic acids is 2. The molecule has 2 aromatic carbocycles. The van der Waals surface area contributed by atoms with Crippen LogP contribution in [-0.4, -0.2) is 50.6 Å². The molecule has 8 nitrogen and oxygen atoms in total. The van der Waals surface area contributed by atoms with Gasteiger partial charge in [0, 0.05) is 11.1 Å². The summed E-state index contributed by atoms with van der Waals surface area (Å²) in [7, 11) is 6.01. The number of rotatable bonds is 8. The van der Waals surface area contributed by atoms with E-state index in [1.165, 1.54) is 28.4 Å². The van der Waals surface area contributed by atoms with Gasteiger partial charge in [-0.1, -0.05) is 24.3 Å². The Hall–Kier alpha value is -3.42. The average molecular weight is 392 g/mol. The number of para-hydroxylation sites is 2. The van der Waals surface area contributed by atoms with Gasteiger partial charge < -0.3 is 29.2 Å². The molecular weight excluding hydrogens is 368 g/mol. The van der Waals surface area contributed by atoms with Crippen LogP contribution in [0.3, 0.4) is 0 Å². The van der Waals surface area contributed by atoms with E-state index in [1.54, 1.807) is 36.4 Å². The Morgan fingerprint density at radius 2 is 1.04 bits per heavy atom. The van der Waals surface area contributed by atoms with Gasteiger partial charge in [0.15, 0.2) is 23.0 Å². The first-order valence-corrected chi connectivity index (χ1v) is 8.21. The number of carboxylic acid groups (broad SMARTS) is 2. The minimum absolute atomic E-state index is 0.0691. The van der Waals surface area contributed by atoms with Gasteiger partial charge >= 0.3 is 11.9 Å². The van der Waals surface area contributed by atoms with Crippen LogP contribution in [0.1, 0.15) is 11.1 Å². The van der Waals surface area contributed by atoms with Gasteiger partial charge in [-0.25, -0.2) is 0 Å². The van der Waals surface area contributed by atoms with E-state index >= 15 is 0 Å². The zero-order valence-corrected chi connectivity index (χ0v) is 16.2. The number of carboxylic acids is 2. The molecule has 0 unspecified atom stereocenters. The molecule has 2 aromatic rings. The summed E-state index contributed by atoms with van der Waals surface area (Å²) in [5.74, 6) is 0.278. The predicted molar refractivity (Wildman–Crippen MR) is 102 cm³/mol.